The zero-order valence-electron chi connectivity index (χ0n) is 11.5. The van der Waals surface area contributed by atoms with Crippen LogP contribution in [0.15, 0.2) is 0 Å². The number of carboxylic acid groups (broad SMARTS) is 1. The van der Waals surface area contributed by atoms with Gasteiger partial charge in [0.2, 0.25) is 0 Å². The lowest BCUT2D eigenvalue weighted by molar-refractivity contribution is 0.0700. The average Bonchev–Trinajstić information content (AvgIpc) is 2.96. The van der Waals surface area contributed by atoms with Gasteiger partial charge in [0.1, 0.15) is 4.88 Å². The van der Waals surface area contributed by atoms with Crippen molar-refractivity contribution in [3.8, 4) is 0 Å². The van der Waals surface area contributed by atoms with Crippen molar-refractivity contribution < 1.29 is 14.6 Å². The van der Waals surface area contributed by atoms with Crippen molar-refractivity contribution in [2.75, 3.05) is 25.1 Å². The zero-order chi connectivity index (χ0) is 14.0. The van der Waals surface area contributed by atoms with Crippen LogP contribution < -0.4 is 4.90 Å². The first kappa shape index (κ1) is 14.3. The molecule has 5 nitrogen and oxygen atoms in total. The highest BCUT2D eigenvalue weighted by atomic mass is 32.1. The molecule has 2 rings (SSSR count). The Hall–Kier alpha value is -1.14. The number of rotatable bonds is 5. The number of aromatic carboxylic acids is 1. The molecule has 19 heavy (non-hydrogen) atoms. The van der Waals surface area contributed by atoms with E-state index in [0.29, 0.717) is 10.6 Å². The Bertz CT molecular complexity index is 453. The number of thiazole rings is 1. The number of hydrogen-bond donors (Lipinski definition) is 1. The number of carboxylic acids is 1. The van der Waals surface area contributed by atoms with Gasteiger partial charge in [0, 0.05) is 20.2 Å². The van der Waals surface area contributed by atoms with Gasteiger partial charge in [-0.1, -0.05) is 25.2 Å². The minimum Gasteiger partial charge on any atom is -0.477 e. The predicted octanol–water partition coefficient (Wildman–Crippen LogP) is 2.58. The second-order valence-corrected chi connectivity index (χ2v) is 6.16. The number of carbonyl (C=O) groups is 1. The zero-order valence-corrected chi connectivity index (χ0v) is 12.4. The molecule has 1 unspecified atom stereocenters. The summed E-state index contributed by atoms with van der Waals surface area (Å²) in [5.74, 6) is -0.773. The highest BCUT2D eigenvalue weighted by Gasteiger charge is 2.23. The van der Waals surface area contributed by atoms with Crippen molar-refractivity contribution >= 4 is 22.4 Å². The van der Waals surface area contributed by atoms with Crippen LogP contribution >= 0.6 is 11.3 Å². The average molecular weight is 284 g/mol. The van der Waals surface area contributed by atoms with Gasteiger partial charge in [-0.15, -0.1) is 0 Å². The molecule has 1 fully saturated rings. The monoisotopic (exact) mass is 284 g/mol. The molecule has 2 heterocycles. The quantitative estimate of drug-likeness (QED) is 0.900. The number of anilines is 1. The van der Waals surface area contributed by atoms with Crippen LogP contribution in [-0.2, 0) is 4.74 Å². The maximum atomic E-state index is 11.2. The van der Waals surface area contributed by atoms with Gasteiger partial charge in [-0.05, 0) is 18.8 Å². The van der Waals surface area contributed by atoms with E-state index in [-0.39, 0.29) is 12.0 Å². The molecule has 0 radical (unpaired) electrons. The normalized spacial score (nSPS) is 19.1. The van der Waals surface area contributed by atoms with Gasteiger partial charge >= 0.3 is 5.97 Å². The molecule has 1 aliphatic rings. The number of hydrogen-bond acceptors (Lipinski definition) is 5. The summed E-state index contributed by atoms with van der Waals surface area (Å²) in [6.07, 6.45) is 2.41. The van der Waals surface area contributed by atoms with Crippen LogP contribution in [0.25, 0.3) is 0 Å². The Labute approximate surface area is 117 Å². The lowest BCUT2D eigenvalue weighted by Crippen LogP contribution is -2.28. The highest BCUT2D eigenvalue weighted by Crippen LogP contribution is 2.30. The van der Waals surface area contributed by atoms with E-state index in [2.05, 4.69) is 4.98 Å². The molecule has 1 saturated heterocycles. The molecule has 0 bridgehead atoms. The van der Waals surface area contributed by atoms with Crippen LogP contribution in [0.2, 0.25) is 0 Å². The molecule has 6 heteroatoms. The lowest BCUT2D eigenvalue weighted by atomic mass is 10.1. The Morgan fingerprint density at radius 2 is 2.37 bits per heavy atom. The van der Waals surface area contributed by atoms with Crippen LogP contribution in [0.4, 0.5) is 5.13 Å². The maximum Gasteiger partial charge on any atom is 0.347 e. The Balaban J connectivity index is 2.14. The molecule has 0 spiro atoms. The molecule has 1 N–H and O–H groups in total. The van der Waals surface area contributed by atoms with Gasteiger partial charge in [-0.2, -0.15) is 0 Å². The summed E-state index contributed by atoms with van der Waals surface area (Å²) in [4.78, 5) is 18.1. The van der Waals surface area contributed by atoms with Crippen LogP contribution in [0, 0.1) is 0 Å². The van der Waals surface area contributed by atoms with Crippen molar-refractivity contribution in [3.63, 3.8) is 0 Å². The van der Waals surface area contributed by atoms with Crippen LogP contribution in [0.3, 0.4) is 0 Å². The highest BCUT2D eigenvalue weighted by molar-refractivity contribution is 7.17. The van der Waals surface area contributed by atoms with E-state index in [9.17, 15) is 9.90 Å². The van der Waals surface area contributed by atoms with Crippen molar-refractivity contribution in [1.82, 2.24) is 4.98 Å². The van der Waals surface area contributed by atoms with Gasteiger partial charge in [0.25, 0.3) is 0 Å². The Morgan fingerprint density at radius 3 is 2.84 bits per heavy atom. The molecule has 0 aromatic carbocycles. The van der Waals surface area contributed by atoms with Gasteiger partial charge in [-0.3, -0.25) is 0 Å². The smallest absolute Gasteiger partial charge is 0.347 e. The van der Waals surface area contributed by atoms with E-state index in [1.807, 2.05) is 25.8 Å². The van der Waals surface area contributed by atoms with E-state index in [0.717, 1.165) is 31.1 Å². The van der Waals surface area contributed by atoms with Crippen LogP contribution in [0.1, 0.15) is 48.0 Å². The van der Waals surface area contributed by atoms with Crippen molar-refractivity contribution in [2.45, 2.75) is 38.7 Å². The molecule has 1 aromatic rings. The molecular weight excluding hydrogens is 264 g/mol. The topological polar surface area (TPSA) is 62.7 Å². The molecule has 1 aliphatic heterocycles. The van der Waals surface area contributed by atoms with Gasteiger partial charge in [0.15, 0.2) is 5.13 Å². The second kappa shape index (κ2) is 5.88. The minimum absolute atomic E-state index is 0.118. The summed E-state index contributed by atoms with van der Waals surface area (Å²) >= 11 is 1.25. The Morgan fingerprint density at radius 1 is 1.63 bits per heavy atom. The van der Waals surface area contributed by atoms with Crippen molar-refractivity contribution in [3.05, 3.63) is 10.6 Å². The summed E-state index contributed by atoms with van der Waals surface area (Å²) in [5.41, 5.74) is 0.673. The maximum absolute atomic E-state index is 11.2. The SMILES string of the molecule is CC(C)c1nc(N(C)CC2CCCO2)sc1C(=O)O. The minimum atomic E-state index is -0.891. The van der Waals surface area contributed by atoms with E-state index < -0.39 is 5.97 Å². The molecule has 0 aliphatic carbocycles. The van der Waals surface area contributed by atoms with E-state index in [1.54, 1.807) is 0 Å². The molecular formula is C13H20N2O3S. The number of ether oxygens (including phenoxy) is 1. The summed E-state index contributed by atoms with van der Waals surface area (Å²) in [6.45, 7) is 5.52. The number of likely N-dealkylation sites (N-methyl/N-ethyl adjacent to an activating group) is 1. The van der Waals surface area contributed by atoms with Crippen LogP contribution in [0.5, 0.6) is 0 Å². The first-order chi connectivity index (χ1) is 8.99. The molecule has 1 atom stereocenters. The van der Waals surface area contributed by atoms with Crippen LogP contribution in [-0.4, -0.2) is 42.4 Å². The fraction of sp³-hybridized carbons (Fsp3) is 0.692. The molecule has 0 amide bonds. The third kappa shape index (κ3) is 3.25. The largest absolute Gasteiger partial charge is 0.477 e. The molecule has 106 valence electrons. The van der Waals surface area contributed by atoms with Crippen molar-refractivity contribution in [1.29, 1.82) is 0 Å². The predicted molar refractivity (Wildman–Crippen MR) is 75.4 cm³/mol. The van der Waals surface area contributed by atoms with E-state index in [1.165, 1.54) is 11.3 Å². The fourth-order valence-corrected chi connectivity index (χ4v) is 3.23. The summed E-state index contributed by atoms with van der Waals surface area (Å²) in [6, 6.07) is 0. The Kier molecular flexibility index (Phi) is 4.42. The summed E-state index contributed by atoms with van der Waals surface area (Å²) in [7, 11) is 1.94. The lowest BCUT2D eigenvalue weighted by Gasteiger charge is -2.19. The van der Waals surface area contributed by atoms with Gasteiger partial charge in [-0.25, -0.2) is 9.78 Å². The standard InChI is InChI=1S/C13H20N2O3S/c1-8(2)10-11(12(16)17)19-13(14-10)15(3)7-9-5-4-6-18-9/h8-9H,4-7H2,1-3H3,(H,16,17). The van der Waals surface area contributed by atoms with Crippen molar-refractivity contribution in [2.24, 2.45) is 0 Å². The number of nitrogens with zero attached hydrogens (tertiary/aromatic N) is 2. The third-order valence-electron chi connectivity index (χ3n) is 3.21. The van der Waals surface area contributed by atoms with E-state index >= 15 is 0 Å². The first-order valence-electron chi connectivity index (χ1n) is 6.55. The second-order valence-electron chi connectivity index (χ2n) is 5.19. The van der Waals surface area contributed by atoms with E-state index in [4.69, 9.17) is 4.74 Å². The molecule has 1 aromatic heterocycles. The summed E-state index contributed by atoms with van der Waals surface area (Å²) in [5, 5.41) is 9.98. The van der Waals surface area contributed by atoms with Gasteiger partial charge < -0.3 is 14.7 Å². The fourth-order valence-electron chi connectivity index (χ4n) is 2.20. The third-order valence-corrected chi connectivity index (χ3v) is 4.38. The summed E-state index contributed by atoms with van der Waals surface area (Å²) < 4.78 is 5.60. The number of aromatic nitrogens is 1. The first-order valence-corrected chi connectivity index (χ1v) is 7.37. The molecule has 0 saturated carbocycles. The van der Waals surface area contributed by atoms with Gasteiger partial charge in [0.05, 0.1) is 11.8 Å².